The third-order valence-corrected chi connectivity index (χ3v) is 4.01. The van der Waals surface area contributed by atoms with Gasteiger partial charge in [-0.25, -0.2) is 0 Å². The molecule has 0 spiro atoms. The topological polar surface area (TPSA) is 75.7 Å². The number of ether oxygens (including phenoxy) is 1. The third kappa shape index (κ3) is 5.02. The SMILES string of the molecule is CCNC(=O)CN(CC)C(=O)C1CCC(C(=O)OC)CC1. The molecule has 0 unspecified atom stereocenters. The molecule has 0 heterocycles. The molecule has 120 valence electrons. The maximum atomic E-state index is 12.4. The van der Waals surface area contributed by atoms with Crippen LogP contribution in [0.2, 0.25) is 0 Å². The van der Waals surface area contributed by atoms with Crippen LogP contribution < -0.4 is 5.32 Å². The fraction of sp³-hybridized carbons (Fsp3) is 0.800. The van der Waals surface area contributed by atoms with E-state index in [0.717, 1.165) is 0 Å². The van der Waals surface area contributed by atoms with Crippen molar-refractivity contribution in [2.24, 2.45) is 11.8 Å². The van der Waals surface area contributed by atoms with Crippen LogP contribution >= 0.6 is 0 Å². The quantitative estimate of drug-likeness (QED) is 0.741. The van der Waals surface area contributed by atoms with E-state index in [4.69, 9.17) is 4.74 Å². The Labute approximate surface area is 126 Å². The van der Waals surface area contributed by atoms with E-state index in [1.54, 1.807) is 4.90 Å². The van der Waals surface area contributed by atoms with Gasteiger partial charge in [0.1, 0.15) is 0 Å². The monoisotopic (exact) mass is 298 g/mol. The number of carbonyl (C=O) groups is 3. The summed E-state index contributed by atoms with van der Waals surface area (Å²) in [7, 11) is 1.39. The van der Waals surface area contributed by atoms with Crippen LogP contribution in [0.3, 0.4) is 0 Å². The van der Waals surface area contributed by atoms with Crippen molar-refractivity contribution in [2.45, 2.75) is 39.5 Å². The van der Waals surface area contributed by atoms with Crippen LogP contribution in [-0.2, 0) is 19.1 Å². The summed E-state index contributed by atoms with van der Waals surface area (Å²) >= 11 is 0. The molecular weight excluding hydrogens is 272 g/mol. The van der Waals surface area contributed by atoms with Gasteiger partial charge in [-0.2, -0.15) is 0 Å². The van der Waals surface area contributed by atoms with Gasteiger partial charge in [0, 0.05) is 19.0 Å². The Morgan fingerprint density at radius 3 is 2.14 bits per heavy atom. The molecule has 0 aromatic carbocycles. The molecule has 6 nitrogen and oxygen atoms in total. The molecule has 0 radical (unpaired) electrons. The van der Waals surface area contributed by atoms with Crippen LogP contribution in [0.5, 0.6) is 0 Å². The number of amides is 2. The Bertz CT molecular complexity index is 376. The number of nitrogens with one attached hydrogen (secondary N) is 1. The summed E-state index contributed by atoms with van der Waals surface area (Å²) in [5.41, 5.74) is 0. The average molecular weight is 298 g/mol. The first-order valence-electron chi connectivity index (χ1n) is 7.66. The molecule has 1 rings (SSSR count). The van der Waals surface area contributed by atoms with Crippen molar-refractivity contribution < 1.29 is 19.1 Å². The fourth-order valence-corrected chi connectivity index (χ4v) is 2.77. The average Bonchev–Trinajstić information content (AvgIpc) is 2.51. The number of hydrogen-bond donors (Lipinski definition) is 1. The molecule has 0 aromatic heterocycles. The number of esters is 1. The standard InChI is InChI=1S/C15H26N2O4/c1-4-16-13(18)10-17(5-2)14(19)11-6-8-12(9-7-11)15(20)21-3/h11-12H,4-10H2,1-3H3,(H,16,18). The van der Waals surface area contributed by atoms with Crippen molar-refractivity contribution >= 4 is 17.8 Å². The second kappa shape index (κ2) is 8.64. The molecule has 1 fully saturated rings. The molecule has 21 heavy (non-hydrogen) atoms. The van der Waals surface area contributed by atoms with E-state index in [2.05, 4.69) is 5.32 Å². The van der Waals surface area contributed by atoms with Gasteiger partial charge in [-0.15, -0.1) is 0 Å². The van der Waals surface area contributed by atoms with E-state index in [-0.39, 0.29) is 36.2 Å². The predicted octanol–water partition coefficient (Wildman–Crippen LogP) is 0.950. The second-order valence-corrected chi connectivity index (χ2v) is 5.38. The van der Waals surface area contributed by atoms with Gasteiger partial charge in [0.2, 0.25) is 11.8 Å². The second-order valence-electron chi connectivity index (χ2n) is 5.38. The highest BCUT2D eigenvalue weighted by molar-refractivity contribution is 5.86. The van der Waals surface area contributed by atoms with Gasteiger partial charge in [-0.1, -0.05) is 0 Å². The van der Waals surface area contributed by atoms with Crippen LogP contribution in [0.25, 0.3) is 0 Å². The molecule has 0 bridgehead atoms. The molecule has 1 aliphatic rings. The molecule has 1 aliphatic carbocycles. The zero-order chi connectivity index (χ0) is 15.8. The molecule has 1 saturated carbocycles. The fourth-order valence-electron chi connectivity index (χ4n) is 2.77. The summed E-state index contributed by atoms with van der Waals surface area (Å²) in [5.74, 6) is -0.462. The van der Waals surface area contributed by atoms with Crippen molar-refractivity contribution in [3.05, 3.63) is 0 Å². The summed E-state index contributed by atoms with van der Waals surface area (Å²) in [5, 5.41) is 2.70. The Balaban J connectivity index is 2.51. The molecule has 2 amide bonds. The van der Waals surface area contributed by atoms with Crippen LogP contribution in [0.1, 0.15) is 39.5 Å². The Morgan fingerprint density at radius 1 is 1.10 bits per heavy atom. The first-order valence-corrected chi connectivity index (χ1v) is 7.66. The van der Waals surface area contributed by atoms with Crippen LogP contribution in [-0.4, -0.2) is 49.4 Å². The van der Waals surface area contributed by atoms with Crippen LogP contribution in [0, 0.1) is 11.8 Å². The van der Waals surface area contributed by atoms with E-state index in [9.17, 15) is 14.4 Å². The van der Waals surface area contributed by atoms with Gasteiger partial charge in [0.05, 0.1) is 19.6 Å². The summed E-state index contributed by atoms with van der Waals surface area (Å²) in [6, 6.07) is 0. The minimum absolute atomic E-state index is 0.0204. The number of nitrogens with zero attached hydrogens (tertiary/aromatic N) is 1. The number of hydrogen-bond acceptors (Lipinski definition) is 4. The number of rotatable bonds is 6. The van der Waals surface area contributed by atoms with Gasteiger partial charge in [0.25, 0.3) is 0 Å². The minimum Gasteiger partial charge on any atom is -0.469 e. The zero-order valence-corrected chi connectivity index (χ0v) is 13.2. The molecule has 0 atom stereocenters. The van der Waals surface area contributed by atoms with E-state index in [0.29, 0.717) is 38.8 Å². The van der Waals surface area contributed by atoms with Crippen molar-refractivity contribution in [3.8, 4) is 0 Å². The zero-order valence-electron chi connectivity index (χ0n) is 13.2. The van der Waals surface area contributed by atoms with Gasteiger partial charge >= 0.3 is 5.97 Å². The van der Waals surface area contributed by atoms with Crippen molar-refractivity contribution in [2.75, 3.05) is 26.7 Å². The van der Waals surface area contributed by atoms with Crippen molar-refractivity contribution in [3.63, 3.8) is 0 Å². The smallest absolute Gasteiger partial charge is 0.308 e. The highest BCUT2D eigenvalue weighted by atomic mass is 16.5. The molecule has 0 aliphatic heterocycles. The molecular formula is C15H26N2O4. The predicted molar refractivity (Wildman–Crippen MR) is 78.4 cm³/mol. The molecule has 6 heteroatoms. The lowest BCUT2D eigenvalue weighted by molar-refractivity contribution is -0.148. The largest absolute Gasteiger partial charge is 0.469 e. The maximum Gasteiger partial charge on any atom is 0.308 e. The van der Waals surface area contributed by atoms with E-state index >= 15 is 0 Å². The number of carbonyl (C=O) groups excluding carboxylic acids is 3. The lowest BCUT2D eigenvalue weighted by Crippen LogP contribution is -2.44. The van der Waals surface area contributed by atoms with Crippen LogP contribution in [0.4, 0.5) is 0 Å². The van der Waals surface area contributed by atoms with Crippen LogP contribution in [0.15, 0.2) is 0 Å². The lowest BCUT2D eigenvalue weighted by atomic mass is 9.81. The van der Waals surface area contributed by atoms with Gasteiger partial charge in [-0.3, -0.25) is 14.4 Å². The maximum absolute atomic E-state index is 12.4. The van der Waals surface area contributed by atoms with E-state index in [1.165, 1.54) is 7.11 Å². The minimum atomic E-state index is -0.185. The van der Waals surface area contributed by atoms with Gasteiger partial charge < -0.3 is 15.0 Å². The Kier molecular flexibility index (Phi) is 7.19. The number of likely N-dealkylation sites (N-methyl/N-ethyl adjacent to an activating group) is 2. The first-order chi connectivity index (χ1) is 10.0. The summed E-state index contributed by atoms with van der Waals surface area (Å²) in [6.45, 7) is 4.92. The van der Waals surface area contributed by atoms with Crippen molar-refractivity contribution in [1.82, 2.24) is 10.2 Å². The van der Waals surface area contributed by atoms with E-state index in [1.807, 2.05) is 13.8 Å². The van der Waals surface area contributed by atoms with Crippen molar-refractivity contribution in [1.29, 1.82) is 0 Å². The Morgan fingerprint density at radius 2 is 1.67 bits per heavy atom. The summed E-state index contributed by atoms with van der Waals surface area (Å²) in [6.07, 6.45) is 2.73. The Hall–Kier alpha value is -1.59. The normalized spacial score (nSPS) is 21.5. The molecule has 0 saturated heterocycles. The highest BCUT2D eigenvalue weighted by Crippen LogP contribution is 2.30. The summed E-state index contributed by atoms with van der Waals surface area (Å²) < 4.78 is 4.75. The molecule has 0 aromatic rings. The summed E-state index contributed by atoms with van der Waals surface area (Å²) in [4.78, 5) is 37.1. The first kappa shape index (κ1) is 17.5. The van der Waals surface area contributed by atoms with Gasteiger partial charge in [0.15, 0.2) is 0 Å². The lowest BCUT2D eigenvalue weighted by Gasteiger charge is -2.30. The van der Waals surface area contributed by atoms with E-state index < -0.39 is 0 Å². The third-order valence-electron chi connectivity index (χ3n) is 4.01. The number of methoxy groups -OCH3 is 1. The highest BCUT2D eigenvalue weighted by Gasteiger charge is 2.32. The van der Waals surface area contributed by atoms with Gasteiger partial charge in [-0.05, 0) is 39.5 Å². The molecule has 1 N–H and O–H groups in total.